The third-order valence-corrected chi connectivity index (χ3v) is 3.83. The molecule has 0 aliphatic rings. The summed E-state index contributed by atoms with van der Waals surface area (Å²) in [5, 5.41) is 1.08. The summed E-state index contributed by atoms with van der Waals surface area (Å²) < 4.78 is 3.96. The van der Waals surface area contributed by atoms with E-state index in [0.29, 0.717) is 16.6 Å². The van der Waals surface area contributed by atoms with Crippen LogP contribution in [0.5, 0.6) is 0 Å². The van der Waals surface area contributed by atoms with Gasteiger partial charge in [-0.05, 0) is 25.1 Å². The number of imidazole rings is 2. The van der Waals surface area contributed by atoms with Crippen LogP contribution >= 0.6 is 23.2 Å². The highest BCUT2D eigenvalue weighted by atomic mass is 35.5. The topological polar surface area (TPSA) is 35.6 Å². The molecule has 0 atom stereocenters. The fourth-order valence-electron chi connectivity index (χ4n) is 1.96. The van der Waals surface area contributed by atoms with Crippen LogP contribution in [0.3, 0.4) is 0 Å². The number of benzene rings is 1. The number of halogens is 2. The van der Waals surface area contributed by atoms with Gasteiger partial charge in [-0.3, -0.25) is 0 Å². The summed E-state index contributed by atoms with van der Waals surface area (Å²) >= 11 is 11.9. The molecule has 4 nitrogen and oxygen atoms in total. The highest BCUT2D eigenvalue weighted by Gasteiger charge is 2.05. The van der Waals surface area contributed by atoms with Crippen molar-refractivity contribution >= 4 is 23.2 Å². The number of aryl methyl sites for hydroxylation is 1. The zero-order chi connectivity index (χ0) is 14.1. The predicted octanol–water partition coefficient (Wildman–Crippen LogP) is 3.73. The van der Waals surface area contributed by atoms with Crippen LogP contribution in [0.4, 0.5) is 0 Å². The van der Waals surface area contributed by atoms with Crippen LogP contribution in [0.25, 0.3) is 5.69 Å². The lowest BCUT2D eigenvalue weighted by molar-refractivity contribution is 0.753. The molecule has 0 radical (unpaired) electrons. The van der Waals surface area contributed by atoms with Crippen molar-refractivity contribution in [1.29, 1.82) is 0 Å². The number of aromatic nitrogens is 4. The molecular weight excluding hydrogens is 295 g/mol. The van der Waals surface area contributed by atoms with E-state index in [4.69, 9.17) is 23.2 Å². The normalized spacial score (nSPS) is 10.9. The van der Waals surface area contributed by atoms with Gasteiger partial charge in [0.15, 0.2) is 0 Å². The van der Waals surface area contributed by atoms with Gasteiger partial charge in [0.2, 0.25) is 0 Å². The van der Waals surface area contributed by atoms with Gasteiger partial charge < -0.3 is 9.13 Å². The third kappa shape index (κ3) is 2.57. The van der Waals surface area contributed by atoms with Gasteiger partial charge in [-0.2, -0.15) is 0 Å². The number of hydrogen-bond acceptors (Lipinski definition) is 2. The third-order valence-electron chi connectivity index (χ3n) is 3.09. The fraction of sp³-hybridized carbons (Fsp3) is 0.143. The quantitative estimate of drug-likeness (QED) is 0.739. The maximum Gasteiger partial charge on any atom is 0.0996 e. The Bertz CT molecular complexity index is 745. The lowest BCUT2D eigenvalue weighted by atomic mass is 10.3. The lowest BCUT2D eigenvalue weighted by Crippen LogP contribution is -2.00. The Balaban J connectivity index is 1.86. The summed E-state index contributed by atoms with van der Waals surface area (Å²) in [7, 11) is 0. The number of hydrogen-bond donors (Lipinski definition) is 0. The van der Waals surface area contributed by atoms with E-state index in [1.165, 1.54) is 0 Å². The van der Waals surface area contributed by atoms with Gasteiger partial charge in [-0.15, -0.1) is 0 Å². The molecule has 0 amide bonds. The minimum Gasteiger partial charge on any atom is -0.329 e. The summed E-state index contributed by atoms with van der Waals surface area (Å²) in [4.78, 5) is 8.50. The van der Waals surface area contributed by atoms with Crippen LogP contribution in [0, 0.1) is 6.92 Å². The van der Waals surface area contributed by atoms with E-state index < -0.39 is 0 Å². The monoisotopic (exact) mass is 306 g/mol. The van der Waals surface area contributed by atoms with E-state index in [1.807, 2.05) is 40.6 Å². The summed E-state index contributed by atoms with van der Waals surface area (Å²) in [5.74, 6) is 0. The molecule has 0 saturated carbocycles. The van der Waals surface area contributed by atoms with Crippen LogP contribution < -0.4 is 0 Å². The van der Waals surface area contributed by atoms with Crippen molar-refractivity contribution in [2.45, 2.75) is 13.5 Å². The van der Waals surface area contributed by atoms with Crippen LogP contribution in [-0.2, 0) is 6.54 Å². The van der Waals surface area contributed by atoms with Crippen LogP contribution in [0.2, 0.25) is 10.0 Å². The van der Waals surface area contributed by atoms with E-state index in [9.17, 15) is 0 Å². The molecule has 0 N–H and O–H groups in total. The van der Waals surface area contributed by atoms with Crippen LogP contribution in [-0.4, -0.2) is 19.1 Å². The molecule has 3 rings (SSSR count). The zero-order valence-corrected chi connectivity index (χ0v) is 12.3. The Morgan fingerprint density at radius 2 is 2.00 bits per heavy atom. The summed E-state index contributed by atoms with van der Waals surface area (Å²) in [6.45, 7) is 2.71. The Morgan fingerprint density at radius 1 is 1.15 bits per heavy atom. The molecule has 0 bridgehead atoms. The van der Waals surface area contributed by atoms with Gasteiger partial charge >= 0.3 is 0 Å². The lowest BCUT2D eigenvalue weighted by Gasteiger charge is -2.04. The molecule has 0 aliphatic carbocycles. The minimum atomic E-state index is 0.532. The largest absolute Gasteiger partial charge is 0.329 e. The van der Waals surface area contributed by atoms with Gasteiger partial charge in [-0.1, -0.05) is 23.2 Å². The van der Waals surface area contributed by atoms with Crippen LogP contribution in [0.15, 0.2) is 43.2 Å². The molecular formula is C14H12Cl2N4. The maximum absolute atomic E-state index is 6.03. The molecule has 102 valence electrons. The molecule has 6 heteroatoms. The van der Waals surface area contributed by atoms with Crippen molar-refractivity contribution in [3.05, 3.63) is 64.7 Å². The minimum absolute atomic E-state index is 0.532. The van der Waals surface area contributed by atoms with Gasteiger partial charge in [0.1, 0.15) is 0 Å². The molecule has 1 aromatic carbocycles. The molecule has 0 unspecified atom stereocenters. The first kappa shape index (κ1) is 13.2. The SMILES string of the molecule is Cc1cncn1Cc1cn(-c2ccc(Cl)c(Cl)c2)cn1. The molecule has 0 aliphatic heterocycles. The highest BCUT2D eigenvalue weighted by molar-refractivity contribution is 6.42. The van der Waals surface area contributed by atoms with E-state index in [-0.39, 0.29) is 0 Å². The standard InChI is InChI=1S/C14H12Cl2N4/c1-10-5-17-8-19(10)6-11-7-20(9-18-11)12-2-3-13(15)14(16)4-12/h2-5,7-9H,6H2,1H3. The van der Waals surface area contributed by atoms with Gasteiger partial charge in [0.05, 0.1) is 34.9 Å². The summed E-state index contributed by atoms with van der Waals surface area (Å²) in [6.07, 6.45) is 7.36. The highest BCUT2D eigenvalue weighted by Crippen LogP contribution is 2.24. The average Bonchev–Trinajstić information content (AvgIpc) is 3.04. The number of rotatable bonds is 3. The number of nitrogens with zero attached hydrogens (tertiary/aromatic N) is 4. The molecule has 20 heavy (non-hydrogen) atoms. The fourth-order valence-corrected chi connectivity index (χ4v) is 2.25. The average molecular weight is 307 g/mol. The zero-order valence-electron chi connectivity index (χ0n) is 10.8. The van der Waals surface area contributed by atoms with Crippen molar-refractivity contribution in [3.63, 3.8) is 0 Å². The molecule has 2 heterocycles. The van der Waals surface area contributed by atoms with E-state index in [2.05, 4.69) is 9.97 Å². The van der Waals surface area contributed by atoms with Crippen molar-refractivity contribution in [2.75, 3.05) is 0 Å². The van der Waals surface area contributed by atoms with Crippen molar-refractivity contribution < 1.29 is 0 Å². The van der Waals surface area contributed by atoms with E-state index >= 15 is 0 Å². The first-order valence-corrected chi connectivity index (χ1v) is 6.84. The Kier molecular flexibility index (Phi) is 3.51. The van der Waals surface area contributed by atoms with Gasteiger partial charge in [0, 0.05) is 23.8 Å². The summed E-state index contributed by atoms with van der Waals surface area (Å²) in [6, 6.07) is 5.50. The Labute approximate surface area is 126 Å². The van der Waals surface area contributed by atoms with Crippen molar-refractivity contribution in [3.8, 4) is 5.69 Å². The molecule has 3 aromatic rings. The second-order valence-electron chi connectivity index (χ2n) is 4.53. The Hall–Kier alpha value is -1.78. The smallest absolute Gasteiger partial charge is 0.0996 e. The van der Waals surface area contributed by atoms with E-state index in [1.54, 1.807) is 18.7 Å². The predicted molar refractivity (Wildman–Crippen MR) is 79.7 cm³/mol. The maximum atomic E-state index is 6.03. The second-order valence-corrected chi connectivity index (χ2v) is 5.35. The van der Waals surface area contributed by atoms with E-state index in [0.717, 1.165) is 17.1 Å². The Morgan fingerprint density at radius 3 is 2.70 bits per heavy atom. The molecule has 0 spiro atoms. The first-order chi connectivity index (χ1) is 9.63. The molecule has 2 aromatic heterocycles. The molecule has 0 saturated heterocycles. The second kappa shape index (κ2) is 5.31. The van der Waals surface area contributed by atoms with Crippen molar-refractivity contribution in [2.24, 2.45) is 0 Å². The van der Waals surface area contributed by atoms with Crippen molar-refractivity contribution in [1.82, 2.24) is 19.1 Å². The molecule has 0 fully saturated rings. The first-order valence-electron chi connectivity index (χ1n) is 6.08. The van der Waals surface area contributed by atoms with Gasteiger partial charge in [-0.25, -0.2) is 9.97 Å². The van der Waals surface area contributed by atoms with Gasteiger partial charge in [0.25, 0.3) is 0 Å². The van der Waals surface area contributed by atoms with Crippen LogP contribution in [0.1, 0.15) is 11.4 Å². The summed E-state index contributed by atoms with van der Waals surface area (Å²) in [5.41, 5.74) is 2.99.